The lowest BCUT2D eigenvalue weighted by atomic mass is 9.95. The molecule has 2 fully saturated rings. The predicted octanol–water partition coefficient (Wildman–Crippen LogP) is -0.170. The first-order valence-corrected chi connectivity index (χ1v) is 7.53. The molecule has 1 aliphatic carbocycles. The lowest BCUT2D eigenvalue weighted by Crippen LogP contribution is -2.48. The summed E-state index contributed by atoms with van der Waals surface area (Å²) in [5.41, 5.74) is 0. The van der Waals surface area contributed by atoms with Gasteiger partial charge in [-0.15, -0.1) is 0 Å². The van der Waals surface area contributed by atoms with Crippen LogP contribution in [0.3, 0.4) is 0 Å². The molecule has 1 saturated carbocycles. The van der Waals surface area contributed by atoms with Crippen LogP contribution in [-0.2, 0) is 14.4 Å². The number of amides is 2. The van der Waals surface area contributed by atoms with E-state index in [-0.39, 0.29) is 24.3 Å². The van der Waals surface area contributed by atoms with Gasteiger partial charge < -0.3 is 15.8 Å². The average molecular weight is 297 g/mol. The number of carbonyl (C=O) groups excluding carboxylic acids is 3. The summed E-state index contributed by atoms with van der Waals surface area (Å²) in [5, 5.41) is 15.8. The first kappa shape index (κ1) is 15.9. The maximum Gasteiger partial charge on any atom is 0.289 e. The minimum Gasteiger partial charge on any atom is -0.356 e. The van der Waals surface area contributed by atoms with Crippen molar-refractivity contribution in [1.29, 1.82) is 0 Å². The van der Waals surface area contributed by atoms with E-state index in [9.17, 15) is 19.6 Å². The standard InChI is InChI=1S/C14H23N3O4/c1-17(21)11(8-9-6-7-15-13(9)19)12(18)14(20)16-10-4-2-3-5-10/h9-11,21H,2-8H2,1H3,(H,15,19)(H,16,20). The van der Waals surface area contributed by atoms with Gasteiger partial charge in [0.15, 0.2) is 0 Å². The van der Waals surface area contributed by atoms with Gasteiger partial charge in [0.25, 0.3) is 5.91 Å². The van der Waals surface area contributed by atoms with Crippen LogP contribution in [0.5, 0.6) is 0 Å². The van der Waals surface area contributed by atoms with Crippen LogP contribution in [-0.4, -0.2) is 53.5 Å². The van der Waals surface area contributed by atoms with Gasteiger partial charge >= 0.3 is 0 Å². The number of likely N-dealkylation sites (N-methyl/N-ethyl adjacent to an activating group) is 1. The van der Waals surface area contributed by atoms with E-state index in [4.69, 9.17) is 0 Å². The summed E-state index contributed by atoms with van der Waals surface area (Å²) in [7, 11) is 1.33. The molecule has 1 saturated heterocycles. The largest absolute Gasteiger partial charge is 0.356 e. The fourth-order valence-corrected chi connectivity index (χ4v) is 3.05. The van der Waals surface area contributed by atoms with Gasteiger partial charge in [-0.25, -0.2) is 0 Å². The predicted molar refractivity (Wildman–Crippen MR) is 74.5 cm³/mol. The van der Waals surface area contributed by atoms with Crippen LogP contribution < -0.4 is 10.6 Å². The van der Waals surface area contributed by atoms with Crippen LogP contribution in [0, 0.1) is 5.92 Å². The number of hydroxylamine groups is 2. The molecule has 1 aliphatic heterocycles. The molecule has 0 aromatic heterocycles. The second-order valence-electron chi connectivity index (χ2n) is 5.92. The van der Waals surface area contributed by atoms with Crippen molar-refractivity contribution in [3.05, 3.63) is 0 Å². The number of nitrogens with one attached hydrogen (secondary N) is 2. The first-order valence-electron chi connectivity index (χ1n) is 7.53. The molecule has 3 N–H and O–H groups in total. The zero-order chi connectivity index (χ0) is 15.4. The highest BCUT2D eigenvalue weighted by molar-refractivity contribution is 6.38. The number of Topliss-reactive ketones (excluding diaryl/α,β-unsaturated/α-hetero) is 1. The van der Waals surface area contributed by atoms with Gasteiger partial charge in [-0.05, 0) is 25.7 Å². The summed E-state index contributed by atoms with van der Waals surface area (Å²) < 4.78 is 0. The molecule has 2 amide bonds. The smallest absolute Gasteiger partial charge is 0.289 e. The Hall–Kier alpha value is -1.47. The molecular weight excluding hydrogens is 274 g/mol. The molecule has 0 radical (unpaired) electrons. The van der Waals surface area contributed by atoms with Gasteiger partial charge in [-0.3, -0.25) is 14.4 Å². The Morgan fingerprint density at radius 2 is 2.05 bits per heavy atom. The van der Waals surface area contributed by atoms with E-state index in [1.807, 2.05) is 0 Å². The van der Waals surface area contributed by atoms with Crippen molar-refractivity contribution in [1.82, 2.24) is 15.7 Å². The molecular formula is C14H23N3O4. The molecule has 7 heteroatoms. The van der Waals surface area contributed by atoms with Crippen molar-refractivity contribution in [2.75, 3.05) is 13.6 Å². The molecule has 2 rings (SSSR count). The minimum atomic E-state index is -0.972. The van der Waals surface area contributed by atoms with Crippen molar-refractivity contribution in [3.8, 4) is 0 Å². The zero-order valence-electron chi connectivity index (χ0n) is 12.3. The highest BCUT2D eigenvalue weighted by Crippen LogP contribution is 2.20. The van der Waals surface area contributed by atoms with Gasteiger partial charge in [-0.1, -0.05) is 12.8 Å². The second-order valence-corrected chi connectivity index (χ2v) is 5.92. The summed E-state index contributed by atoms with van der Waals surface area (Å²) in [6, 6.07) is -0.916. The van der Waals surface area contributed by atoms with Crippen molar-refractivity contribution < 1.29 is 19.6 Å². The topological polar surface area (TPSA) is 98.7 Å². The molecule has 1 heterocycles. The van der Waals surface area contributed by atoms with Crippen LogP contribution in [0.4, 0.5) is 0 Å². The number of hydrogen-bond donors (Lipinski definition) is 3. The second kappa shape index (κ2) is 7.00. The van der Waals surface area contributed by atoms with Crippen molar-refractivity contribution in [2.24, 2.45) is 5.92 Å². The normalized spacial score (nSPS) is 24.1. The van der Waals surface area contributed by atoms with E-state index in [0.717, 1.165) is 30.7 Å². The Morgan fingerprint density at radius 3 is 2.57 bits per heavy atom. The molecule has 0 aromatic carbocycles. The summed E-state index contributed by atoms with van der Waals surface area (Å²) in [6.07, 6.45) is 4.69. The van der Waals surface area contributed by atoms with Gasteiger partial charge in [0.2, 0.25) is 11.7 Å². The molecule has 2 unspecified atom stereocenters. The van der Waals surface area contributed by atoms with E-state index in [0.29, 0.717) is 13.0 Å². The van der Waals surface area contributed by atoms with E-state index >= 15 is 0 Å². The van der Waals surface area contributed by atoms with Crippen LogP contribution in [0.2, 0.25) is 0 Å². The SMILES string of the molecule is CN(O)C(CC1CCNC1=O)C(=O)C(=O)NC1CCCC1. The Kier molecular flexibility index (Phi) is 5.30. The number of carbonyl (C=O) groups is 3. The first-order chi connectivity index (χ1) is 9.99. The lowest BCUT2D eigenvalue weighted by Gasteiger charge is -2.23. The molecule has 21 heavy (non-hydrogen) atoms. The highest BCUT2D eigenvalue weighted by Gasteiger charge is 2.35. The van der Waals surface area contributed by atoms with Crippen LogP contribution in [0.15, 0.2) is 0 Å². The van der Waals surface area contributed by atoms with E-state index in [1.165, 1.54) is 7.05 Å². The molecule has 2 atom stereocenters. The maximum absolute atomic E-state index is 12.2. The summed E-state index contributed by atoms with van der Waals surface area (Å²) in [5.74, 6) is -1.78. The summed E-state index contributed by atoms with van der Waals surface area (Å²) >= 11 is 0. The quantitative estimate of drug-likeness (QED) is 0.467. The Bertz CT molecular complexity index is 418. The fraction of sp³-hybridized carbons (Fsp3) is 0.786. The molecule has 7 nitrogen and oxygen atoms in total. The Morgan fingerprint density at radius 1 is 1.38 bits per heavy atom. The Balaban J connectivity index is 1.94. The third-order valence-corrected chi connectivity index (χ3v) is 4.34. The molecule has 118 valence electrons. The number of hydrogen-bond acceptors (Lipinski definition) is 5. The van der Waals surface area contributed by atoms with Crippen LogP contribution in [0.1, 0.15) is 38.5 Å². The maximum atomic E-state index is 12.2. The van der Waals surface area contributed by atoms with Gasteiger partial charge in [0.05, 0.1) is 0 Å². The number of rotatable bonds is 6. The third kappa shape index (κ3) is 4.01. The summed E-state index contributed by atoms with van der Waals surface area (Å²) in [4.78, 5) is 35.8. The summed E-state index contributed by atoms with van der Waals surface area (Å²) in [6.45, 7) is 0.577. The van der Waals surface area contributed by atoms with Crippen molar-refractivity contribution >= 4 is 17.6 Å². The molecule has 0 spiro atoms. The number of ketones is 1. The molecule has 2 aliphatic rings. The van der Waals surface area contributed by atoms with Crippen molar-refractivity contribution in [2.45, 2.75) is 50.6 Å². The van der Waals surface area contributed by atoms with E-state index < -0.39 is 17.7 Å². The average Bonchev–Trinajstić information content (AvgIpc) is 3.07. The highest BCUT2D eigenvalue weighted by atomic mass is 16.5. The zero-order valence-corrected chi connectivity index (χ0v) is 12.3. The lowest BCUT2D eigenvalue weighted by molar-refractivity contribution is -0.156. The third-order valence-electron chi connectivity index (χ3n) is 4.34. The van der Waals surface area contributed by atoms with Gasteiger partial charge in [0.1, 0.15) is 6.04 Å². The van der Waals surface area contributed by atoms with Crippen LogP contribution in [0.25, 0.3) is 0 Å². The molecule has 0 aromatic rings. The van der Waals surface area contributed by atoms with Gasteiger partial charge in [0, 0.05) is 25.6 Å². The monoisotopic (exact) mass is 297 g/mol. The number of nitrogens with zero attached hydrogens (tertiary/aromatic N) is 1. The minimum absolute atomic E-state index is 0.0564. The van der Waals surface area contributed by atoms with E-state index in [2.05, 4.69) is 10.6 Å². The Labute approximate surface area is 124 Å². The molecule has 0 bridgehead atoms. The fourth-order valence-electron chi connectivity index (χ4n) is 3.05. The van der Waals surface area contributed by atoms with Gasteiger partial charge in [-0.2, -0.15) is 5.06 Å². The van der Waals surface area contributed by atoms with Crippen molar-refractivity contribution in [3.63, 3.8) is 0 Å². The van der Waals surface area contributed by atoms with Crippen LogP contribution >= 0.6 is 0 Å². The van der Waals surface area contributed by atoms with E-state index in [1.54, 1.807) is 0 Å².